The number of hydrogen-bond donors (Lipinski definition) is 0. The van der Waals surface area contributed by atoms with Gasteiger partial charge in [-0.2, -0.15) is 0 Å². The summed E-state index contributed by atoms with van der Waals surface area (Å²) in [5, 5.41) is 4.46. The predicted molar refractivity (Wildman–Crippen MR) is 118 cm³/mol. The van der Waals surface area contributed by atoms with Gasteiger partial charge in [0.15, 0.2) is 0 Å². The van der Waals surface area contributed by atoms with Crippen LogP contribution in [0.15, 0.2) is 91.0 Å². The van der Waals surface area contributed by atoms with Crippen molar-refractivity contribution in [3.05, 3.63) is 91.0 Å². The zero-order chi connectivity index (χ0) is 18.2. The Bertz CT molecular complexity index is 679. The van der Waals surface area contributed by atoms with Crippen molar-refractivity contribution in [3.8, 4) is 0 Å². The lowest BCUT2D eigenvalue weighted by Crippen LogP contribution is -3.00. The fourth-order valence-corrected chi connectivity index (χ4v) is 8.07. The standard InChI is InChI=1S/C24H29NP.BrH/c1-25(2)20-12-13-21-26(22-14-6-3-7-15-22,23-16-8-4-9-17-23)24-18-10-5-11-19-24;/h3-11,14-19H,12-13,20-21H2,1-2H3;1H/q+1;/p-1. The molecule has 0 aliphatic rings. The number of benzene rings is 3. The third-order valence-corrected chi connectivity index (χ3v) is 9.47. The van der Waals surface area contributed by atoms with Crippen LogP contribution in [0.2, 0.25) is 0 Å². The summed E-state index contributed by atoms with van der Waals surface area (Å²) in [6.07, 6.45) is 3.70. The van der Waals surface area contributed by atoms with E-state index in [-0.39, 0.29) is 17.0 Å². The van der Waals surface area contributed by atoms with E-state index >= 15 is 0 Å². The van der Waals surface area contributed by atoms with Crippen LogP contribution in [0.25, 0.3) is 0 Å². The molecule has 142 valence electrons. The molecule has 0 saturated heterocycles. The number of nitrogens with zero attached hydrogens (tertiary/aromatic N) is 1. The summed E-state index contributed by atoms with van der Waals surface area (Å²) in [4.78, 5) is 2.29. The maximum atomic E-state index is 2.33. The highest BCUT2D eigenvalue weighted by Crippen LogP contribution is 2.55. The minimum atomic E-state index is -1.63. The highest BCUT2D eigenvalue weighted by Gasteiger charge is 2.44. The van der Waals surface area contributed by atoms with Crippen molar-refractivity contribution in [1.82, 2.24) is 4.90 Å². The van der Waals surface area contributed by atoms with E-state index in [0.717, 1.165) is 6.54 Å². The molecule has 0 aliphatic carbocycles. The number of rotatable bonds is 8. The second-order valence-electron chi connectivity index (χ2n) is 7.05. The van der Waals surface area contributed by atoms with Crippen LogP contribution in [0.5, 0.6) is 0 Å². The fraction of sp³-hybridized carbons (Fsp3) is 0.250. The molecule has 0 radical (unpaired) electrons. The molecule has 0 aromatic heterocycles. The summed E-state index contributed by atoms with van der Waals surface area (Å²) in [5.74, 6) is 0. The monoisotopic (exact) mass is 441 g/mol. The zero-order valence-electron chi connectivity index (χ0n) is 16.3. The van der Waals surface area contributed by atoms with Crippen molar-refractivity contribution in [2.45, 2.75) is 12.8 Å². The van der Waals surface area contributed by atoms with Gasteiger partial charge >= 0.3 is 0 Å². The van der Waals surface area contributed by atoms with E-state index in [9.17, 15) is 0 Å². The smallest absolute Gasteiger partial charge is 0.112 e. The van der Waals surface area contributed by atoms with Crippen LogP contribution >= 0.6 is 7.26 Å². The van der Waals surface area contributed by atoms with E-state index in [2.05, 4.69) is 110 Å². The molecule has 0 saturated carbocycles. The van der Waals surface area contributed by atoms with Gasteiger partial charge in [0.2, 0.25) is 0 Å². The van der Waals surface area contributed by atoms with Crippen LogP contribution in [0.4, 0.5) is 0 Å². The lowest BCUT2D eigenvalue weighted by Gasteiger charge is -2.28. The molecule has 0 bridgehead atoms. The molecule has 3 aromatic carbocycles. The minimum Gasteiger partial charge on any atom is -1.00 e. The van der Waals surface area contributed by atoms with Crippen molar-refractivity contribution >= 4 is 23.2 Å². The number of hydrogen-bond acceptors (Lipinski definition) is 1. The first-order chi connectivity index (χ1) is 12.7. The molecule has 27 heavy (non-hydrogen) atoms. The average molecular weight is 442 g/mol. The van der Waals surface area contributed by atoms with Crippen molar-refractivity contribution in [3.63, 3.8) is 0 Å². The Morgan fingerprint density at radius 1 is 0.593 bits per heavy atom. The van der Waals surface area contributed by atoms with Crippen LogP contribution in [-0.2, 0) is 0 Å². The van der Waals surface area contributed by atoms with Crippen molar-refractivity contribution in [1.29, 1.82) is 0 Å². The Kier molecular flexibility index (Phi) is 8.70. The maximum absolute atomic E-state index is 2.33. The molecule has 0 N–H and O–H groups in total. The highest BCUT2D eigenvalue weighted by molar-refractivity contribution is 7.95. The molecule has 0 heterocycles. The van der Waals surface area contributed by atoms with Crippen LogP contribution < -0.4 is 32.9 Å². The Morgan fingerprint density at radius 3 is 1.30 bits per heavy atom. The quantitative estimate of drug-likeness (QED) is 0.376. The number of unbranched alkanes of at least 4 members (excludes halogenated alkanes) is 1. The molecule has 1 nitrogen and oxygen atoms in total. The van der Waals surface area contributed by atoms with Crippen LogP contribution in [-0.4, -0.2) is 31.7 Å². The van der Waals surface area contributed by atoms with Gasteiger partial charge in [-0.15, -0.1) is 0 Å². The molecule has 0 aliphatic heterocycles. The van der Waals surface area contributed by atoms with Gasteiger partial charge in [0, 0.05) is 0 Å². The average Bonchev–Trinajstić information content (AvgIpc) is 2.70. The summed E-state index contributed by atoms with van der Waals surface area (Å²) in [6, 6.07) is 33.5. The van der Waals surface area contributed by atoms with Crippen LogP contribution in [0, 0.1) is 0 Å². The summed E-state index contributed by atoms with van der Waals surface area (Å²) < 4.78 is 0. The summed E-state index contributed by atoms with van der Waals surface area (Å²) in [6.45, 7) is 1.15. The van der Waals surface area contributed by atoms with Gasteiger partial charge in [0.25, 0.3) is 0 Å². The Balaban J connectivity index is 0.00000261. The summed E-state index contributed by atoms with van der Waals surface area (Å²) in [5.41, 5.74) is 0. The molecular weight excluding hydrogens is 413 g/mol. The molecule has 3 aromatic rings. The van der Waals surface area contributed by atoms with Gasteiger partial charge in [-0.3, -0.25) is 0 Å². The molecule has 3 heteroatoms. The van der Waals surface area contributed by atoms with Crippen molar-refractivity contribution in [2.75, 3.05) is 26.8 Å². The van der Waals surface area contributed by atoms with Gasteiger partial charge in [-0.1, -0.05) is 54.6 Å². The minimum absolute atomic E-state index is 0. The van der Waals surface area contributed by atoms with Crippen LogP contribution in [0.3, 0.4) is 0 Å². The molecular formula is C24H29BrNP. The van der Waals surface area contributed by atoms with Gasteiger partial charge in [-0.05, 0) is 69.9 Å². The van der Waals surface area contributed by atoms with E-state index in [0.29, 0.717) is 0 Å². The first kappa shape index (κ1) is 21.8. The largest absolute Gasteiger partial charge is 1.00 e. The molecule has 3 rings (SSSR count). The highest BCUT2D eigenvalue weighted by atomic mass is 79.9. The van der Waals surface area contributed by atoms with Gasteiger partial charge in [0.05, 0.1) is 6.16 Å². The second kappa shape index (κ2) is 10.8. The lowest BCUT2D eigenvalue weighted by atomic mass is 10.3. The van der Waals surface area contributed by atoms with E-state index in [1.807, 2.05) is 0 Å². The first-order valence-corrected chi connectivity index (χ1v) is 11.4. The van der Waals surface area contributed by atoms with E-state index in [1.165, 1.54) is 34.9 Å². The van der Waals surface area contributed by atoms with Gasteiger partial charge in [0.1, 0.15) is 23.2 Å². The Morgan fingerprint density at radius 2 is 0.963 bits per heavy atom. The Hall–Kier alpha value is -1.47. The maximum Gasteiger partial charge on any atom is 0.112 e. The molecule has 0 spiro atoms. The van der Waals surface area contributed by atoms with Gasteiger partial charge < -0.3 is 21.9 Å². The van der Waals surface area contributed by atoms with Crippen LogP contribution in [0.1, 0.15) is 12.8 Å². The molecule has 0 unspecified atom stereocenters. The third kappa shape index (κ3) is 5.29. The normalized spacial score (nSPS) is 11.2. The zero-order valence-corrected chi connectivity index (χ0v) is 18.7. The van der Waals surface area contributed by atoms with Crippen molar-refractivity contribution < 1.29 is 17.0 Å². The second-order valence-corrected chi connectivity index (χ2v) is 10.7. The van der Waals surface area contributed by atoms with E-state index < -0.39 is 7.26 Å². The topological polar surface area (TPSA) is 3.24 Å². The Labute approximate surface area is 175 Å². The predicted octanol–water partition coefficient (Wildman–Crippen LogP) is 1.33. The fourth-order valence-electron chi connectivity index (χ4n) is 3.66. The van der Waals surface area contributed by atoms with Crippen molar-refractivity contribution in [2.24, 2.45) is 0 Å². The first-order valence-electron chi connectivity index (χ1n) is 9.43. The van der Waals surface area contributed by atoms with E-state index in [4.69, 9.17) is 0 Å². The molecule has 0 fully saturated rings. The molecule has 0 atom stereocenters. The lowest BCUT2D eigenvalue weighted by molar-refractivity contribution is -0.00000524. The van der Waals surface area contributed by atoms with E-state index in [1.54, 1.807) is 0 Å². The third-order valence-electron chi connectivity index (χ3n) is 4.94. The summed E-state index contributed by atoms with van der Waals surface area (Å²) in [7, 11) is 2.69. The summed E-state index contributed by atoms with van der Waals surface area (Å²) >= 11 is 0. The van der Waals surface area contributed by atoms with Gasteiger partial charge in [-0.25, -0.2) is 0 Å². The SMILES string of the molecule is CN(C)CCCC[P+](c1ccccc1)(c1ccccc1)c1ccccc1.[Br-]. The molecule has 0 amide bonds. The number of halogens is 1.